The van der Waals surface area contributed by atoms with Gasteiger partial charge in [-0.15, -0.1) is 0 Å². The minimum absolute atomic E-state index is 0.230. The maximum absolute atomic E-state index is 7.00. The highest BCUT2D eigenvalue weighted by Crippen LogP contribution is 2.40. The SMILES string of the molecule is CC(C)(C)C(C)(C)c1ccccc1.CO. The quantitative estimate of drug-likeness (QED) is 0.747. The third kappa shape index (κ3) is 3.35. The highest BCUT2D eigenvalue weighted by molar-refractivity contribution is 5.25. The van der Waals surface area contributed by atoms with Crippen LogP contribution in [0.2, 0.25) is 0 Å². The molecular formula is C14H24O. The molecule has 0 amide bonds. The molecular weight excluding hydrogens is 184 g/mol. The Morgan fingerprint density at radius 3 is 1.53 bits per heavy atom. The van der Waals surface area contributed by atoms with Crippen molar-refractivity contribution in [2.75, 3.05) is 7.11 Å². The van der Waals surface area contributed by atoms with Crippen LogP contribution in [0.15, 0.2) is 30.3 Å². The van der Waals surface area contributed by atoms with E-state index in [1.54, 1.807) is 0 Å². The van der Waals surface area contributed by atoms with Crippen LogP contribution in [0.5, 0.6) is 0 Å². The highest BCUT2D eigenvalue weighted by Gasteiger charge is 2.33. The fourth-order valence-corrected chi connectivity index (χ4v) is 1.29. The van der Waals surface area contributed by atoms with Gasteiger partial charge < -0.3 is 5.11 Å². The van der Waals surface area contributed by atoms with E-state index in [9.17, 15) is 0 Å². The monoisotopic (exact) mass is 208 g/mol. The molecule has 0 unspecified atom stereocenters. The molecule has 0 aliphatic heterocycles. The summed E-state index contributed by atoms with van der Waals surface area (Å²) >= 11 is 0. The van der Waals surface area contributed by atoms with Crippen molar-refractivity contribution in [3.8, 4) is 0 Å². The summed E-state index contributed by atoms with van der Waals surface area (Å²) in [6, 6.07) is 10.7. The second-order valence-corrected chi connectivity index (χ2v) is 5.24. The largest absolute Gasteiger partial charge is 0.400 e. The Hall–Kier alpha value is -0.820. The van der Waals surface area contributed by atoms with Crippen LogP contribution < -0.4 is 0 Å². The number of hydrogen-bond acceptors (Lipinski definition) is 1. The molecule has 0 atom stereocenters. The van der Waals surface area contributed by atoms with Crippen molar-refractivity contribution in [2.24, 2.45) is 5.41 Å². The van der Waals surface area contributed by atoms with Crippen molar-refractivity contribution in [3.63, 3.8) is 0 Å². The fourth-order valence-electron chi connectivity index (χ4n) is 1.29. The standard InChI is InChI=1S/C13H20.CH4O/c1-12(2,3)13(4,5)11-9-7-6-8-10-11;1-2/h6-10H,1-5H3;2H,1H3. The topological polar surface area (TPSA) is 20.2 Å². The average molecular weight is 208 g/mol. The van der Waals surface area contributed by atoms with Gasteiger partial charge in [-0.1, -0.05) is 65.0 Å². The van der Waals surface area contributed by atoms with Crippen LogP contribution in [-0.2, 0) is 5.41 Å². The Bertz CT molecular complexity index is 267. The van der Waals surface area contributed by atoms with Crippen LogP contribution in [0.4, 0.5) is 0 Å². The van der Waals surface area contributed by atoms with Gasteiger partial charge in [-0.2, -0.15) is 0 Å². The molecule has 0 aliphatic carbocycles. The molecule has 1 heteroatoms. The lowest BCUT2D eigenvalue weighted by molar-refractivity contribution is 0.225. The summed E-state index contributed by atoms with van der Waals surface area (Å²) in [5, 5.41) is 7.00. The highest BCUT2D eigenvalue weighted by atomic mass is 16.2. The molecule has 86 valence electrons. The fraction of sp³-hybridized carbons (Fsp3) is 0.571. The van der Waals surface area contributed by atoms with E-state index in [2.05, 4.69) is 65.0 Å². The molecule has 0 fully saturated rings. The van der Waals surface area contributed by atoms with E-state index in [1.165, 1.54) is 5.56 Å². The van der Waals surface area contributed by atoms with E-state index in [0.29, 0.717) is 5.41 Å². The normalized spacial score (nSPS) is 11.7. The molecule has 0 aromatic heterocycles. The van der Waals surface area contributed by atoms with Crippen molar-refractivity contribution in [1.29, 1.82) is 0 Å². The third-order valence-corrected chi connectivity index (χ3v) is 3.37. The average Bonchev–Trinajstić information content (AvgIpc) is 2.20. The zero-order valence-corrected chi connectivity index (χ0v) is 10.8. The van der Waals surface area contributed by atoms with Gasteiger partial charge in [-0.25, -0.2) is 0 Å². The molecule has 1 aromatic rings. The van der Waals surface area contributed by atoms with Crippen molar-refractivity contribution < 1.29 is 5.11 Å². The van der Waals surface area contributed by atoms with Crippen molar-refractivity contribution in [1.82, 2.24) is 0 Å². The maximum Gasteiger partial charge on any atom is 0.0319 e. The molecule has 1 aromatic carbocycles. The van der Waals surface area contributed by atoms with Gasteiger partial charge in [0.05, 0.1) is 0 Å². The van der Waals surface area contributed by atoms with Crippen LogP contribution in [0.1, 0.15) is 40.2 Å². The summed E-state index contributed by atoms with van der Waals surface area (Å²) in [5.41, 5.74) is 1.95. The van der Waals surface area contributed by atoms with Gasteiger partial charge in [-0.05, 0) is 16.4 Å². The lowest BCUT2D eigenvalue weighted by atomic mass is 9.65. The predicted octanol–water partition coefficient (Wildman–Crippen LogP) is 3.62. The minimum Gasteiger partial charge on any atom is -0.400 e. The number of aliphatic hydroxyl groups is 1. The molecule has 0 saturated heterocycles. The number of rotatable bonds is 1. The van der Waals surface area contributed by atoms with Gasteiger partial charge in [-0.3, -0.25) is 0 Å². The van der Waals surface area contributed by atoms with Crippen LogP contribution in [0, 0.1) is 5.41 Å². The zero-order valence-electron chi connectivity index (χ0n) is 10.8. The molecule has 0 bridgehead atoms. The predicted molar refractivity (Wildman–Crippen MR) is 67.1 cm³/mol. The molecule has 1 rings (SSSR count). The second-order valence-electron chi connectivity index (χ2n) is 5.24. The Morgan fingerprint density at radius 1 is 0.800 bits per heavy atom. The summed E-state index contributed by atoms with van der Waals surface area (Å²) in [5.74, 6) is 0. The Kier molecular flexibility index (Phi) is 5.02. The Balaban J connectivity index is 0.000000921. The van der Waals surface area contributed by atoms with E-state index in [4.69, 9.17) is 5.11 Å². The lowest BCUT2D eigenvalue weighted by Gasteiger charge is -2.39. The molecule has 0 radical (unpaired) electrons. The lowest BCUT2D eigenvalue weighted by Crippen LogP contribution is -2.33. The molecule has 1 N–H and O–H groups in total. The Labute approximate surface area is 94.2 Å². The number of aliphatic hydroxyl groups excluding tert-OH is 1. The molecule has 0 saturated carbocycles. The third-order valence-electron chi connectivity index (χ3n) is 3.37. The van der Waals surface area contributed by atoms with E-state index >= 15 is 0 Å². The van der Waals surface area contributed by atoms with Crippen LogP contribution in [-0.4, -0.2) is 12.2 Å². The minimum atomic E-state index is 0.230. The van der Waals surface area contributed by atoms with E-state index < -0.39 is 0 Å². The molecule has 0 aliphatic rings. The number of hydrogen-bond donors (Lipinski definition) is 1. The van der Waals surface area contributed by atoms with Crippen LogP contribution >= 0.6 is 0 Å². The van der Waals surface area contributed by atoms with Crippen LogP contribution in [0.25, 0.3) is 0 Å². The summed E-state index contributed by atoms with van der Waals surface area (Å²) in [6.07, 6.45) is 0. The van der Waals surface area contributed by atoms with Gasteiger partial charge in [0.2, 0.25) is 0 Å². The van der Waals surface area contributed by atoms with Crippen molar-refractivity contribution in [2.45, 2.75) is 40.0 Å². The van der Waals surface area contributed by atoms with Gasteiger partial charge >= 0.3 is 0 Å². The van der Waals surface area contributed by atoms with Crippen molar-refractivity contribution in [3.05, 3.63) is 35.9 Å². The first-order valence-electron chi connectivity index (χ1n) is 5.36. The summed E-state index contributed by atoms with van der Waals surface area (Å²) in [6.45, 7) is 11.5. The van der Waals surface area contributed by atoms with E-state index in [-0.39, 0.29) is 5.41 Å². The summed E-state index contributed by atoms with van der Waals surface area (Å²) < 4.78 is 0. The van der Waals surface area contributed by atoms with E-state index in [0.717, 1.165) is 7.11 Å². The zero-order chi connectivity index (χ0) is 12.1. The first kappa shape index (κ1) is 14.2. The number of benzene rings is 1. The molecule has 0 spiro atoms. The van der Waals surface area contributed by atoms with Crippen LogP contribution in [0.3, 0.4) is 0 Å². The first-order chi connectivity index (χ1) is 6.86. The smallest absolute Gasteiger partial charge is 0.0319 e. The van der Waals surface area contributed by atoms with Gasteiger partial charge in [0, 0.05) is 7.11 Å². The van der Waals surface area contributed by atoms with Crippen molar-refractivity contribution >= 4 is 0 Å². The van der Waals surface area contributed by atoms with E-state index in [1.807, 2.05) is 0 Å². The molecule has 1 nitrogen and oxygen atoms in total. The summed E-state index contributed by atoms with van der Waals surface area (Å²) in [4.78, 5) is 0. The second kappa shape index (κ2) is 5.32. The van der Waals surface area contributed by atoms with Gasteiger partial charge in [0.15, 0.2) is 0 Å². The van der Waals surface area contributed by atoms with Gasteiger partial charge in [0.1, 0.15) is 0 Å². The Morgan fingerprint density at radius 2 is 1.20 bits per heavy atom. The first-order valence-corrected chi connectivity index (χ1v) is 5.36. The van der Waals surface area contributed by atoms with Gasteiger partial charge in [0.25, 0.3) is 0 Å². The summed E-state index contributed by atoms with van der Waals surface area (Å²) in [7, 11) is 1.00. The molecule has 0 heterocycles. The maximum atomic E-state index is 7.00. The molecule has 15 heavy (non-hydrogen) atoms.